The van der Waals surface area contributed by atoms with Crippen molar-refractivity contribution in [3.05, 3.63) is 107 Å². The van der Waals surface area contributed by atoms with Crippen LogP contribution in [0.3, 0.4) is 0 Å². The summed E-state index contributed by atoms with van der Waals surface area (Å²) in [6.07, 6.45) is 5.34. The maximum Gasteiger partial charge on any atom is 0.258 e. The van der Waals surface area contributed by atoms with Crippen LogP contribution < -0.4 is 9.64 Å². The van der Waals surface area contributed by atoms with Crippen molar-refractivity contribution >= 4 is 27.5 Å². The van der Waals surface area contributed by atoms with Gasteiger partial charge in [0.1, 0.15) is 18.2 Å². The largest absolute Gasteiger partial charge is 0.486 e. The van der Waals surface area contributed by atoms with Crippen LogP contribution >= 0.6 is 15.9 Å². The van der Waals surface area contributed by atoms with E-state index in [0.717, 1.165) is 21.7 Å². The van der Waals surface area contributed by atoms with Crippen LogP contribution in [0.4, 0.5) is 5.69 Å². The zero-order chi connectivity index (χ0) is 21.6. The number of hydrogen-bond donors (Lipinski definition) is 0. The molecule has 0 aliphatic heterocycles. The van der Waals surface area contributed by atoms with Crippen molar-refractivity contribution in [2.45, 2.75) is 13.2 Å². The van der Waals surface area contributed by atoms with E-state index in [0.29, 0.717) is 24.5 Å². The van der Waals surface area contributed by atoms with E-state index >= 15 is 0 Å². The quantitative estimate of drug-likeness (QED) is 0.376. The van der Waals surface area contributed by atoms with E-state index in [1.807, 2.05) is 60.3 Å². The highest BCUT2D eigenvalue weighted by Gasteiger charge is 2.19. The van der Waals surface area contributed by atoms with Gasteiger partial charge in [0.15, 0.2) is 0 Å². The molecule has 0 atom stereocenters. The topological polar surface area (TPSA) is 60.3 Å². The molecule has 0 aliphatic rings. The minimum absolute atomic E-state index is 0.108. The highest BCUT2D eigenvalue weighted by Crippen LogP contribution is 2.23. The second-order valence-electron chi connectivity index (χ2n) is 6.96. The number of imidazole rings is 1. The number of ether oxygens (including phenoxy) is 1. The van der Waals surface area contributed by atoms with E-state index in [-0.39, 0.29) is 5.91 Å². The summed E-state index contributed by atoms with van der Waals surface area (Å²) in [6.45, 7) is 0.736. The van der Waals surface area contributed by atoms with Gasteiger partial charge in [-0.3, -0.25) is 9.78 Å². The smallest absolute Gasteiger partial charge is 0.258 e. The van der Waals surface area contributed by atoms with Gasteiger partial charge in [-0.05, 0) is 60.7 Å². The lowest BCUT2D eigenvalue weighted by molar-refractivity contribution is 0.0984. The van der Waals surface area contributed by atoms with Crippen molar-refractivity contribution in [1.82, 2.24) is 14.5 Å². The zero-order valence-electron chi connectivity index (χ0n) is 17.0. The first-order chi connectivity index (χ1) is 15.1. The number of benzene rings is 2. The minimum atomic E-state index is -0.108. The number of nitrogens with zero attached hydrogens (tertiary/aromatic N) is 4. The Kier molecular flexibility index (Phi) is 6.43. The molecule has 0 saturated heterocycles. The predicted octanol–water partition coefficient (Wildman–Crippen LogP) is 5.00. The molecule has 156 valence electrons. The summed E-state index contributed by atoms with van der Waals surface area (Å²) in [6, 6.07) is 20.5. The number of carbonyl (C=O) groups is 1. The standard InChI is InChI=1S/C24H21BrN4O2/c1-28-15-14-27-23(28)17-31-22-11-5-18(6-12-22)24(30)29(16-20-4-2-3-13-26-20)21-9-7-19(25)8-10-21/h2-15H,16-17H2,1H3. The Morgan fingerprint density at radius 2 is 1.77 bits per heavy atom. The second-order valence-corrected chi connectivity index (χ2v) is 7.87. The molecule has 2 heterocycles. The van der Waals surface area contributed by atoms with Crippen LogP contribution in [0.15, 0.2) is 89.8 Å². The second kappa shape index (κ2) is 9.57. The normalized spacial score (nSPS) is 10.6. The van der Waals surface area contributed by atoms with E-state index in [1.165, 1.54) is 0 Å². The molecule has 2 aromatic carbocycles. The van der Waals surface area contributed by atoms with Crippen LogP contribution in [-0.2, 0) is 20.2 Å². The van der Waals surface area contributed by atoms with Crippen LogP contribution in [0.25, 0.3) is 0 Å². The van der Waals surface area contributed by atoms with E-state index in [2.05, 4.69) is 25.9 Å². The Labute approximate surface area is 189 Å². The van der Waals surface area contributed by atoms with Crippen molar-refractivity contribution in [2.75, 3.05) is 4.90 Å². The third kappa shape index (κ3) is 5.19. The van der Waals surface area contributed by atoms with Gasteiger partial charge in [-0.1, -0.05) is 22.0 Å². The molecular weight excluding hydrogens is 456 g/mol. The van der Waals surface area contributed by atoms with Gasteiger partial charge in [-0.15, -0.1) is 0 Å². The lowest BCUT2D eigenvalue weighted by Gasteiger charge is -2.23. The summed E-state index contributed by atoms with van der Waals surface area (Å²) in [5, 5.41) is 0. The third-order valence-corrected chi connectivity index (χ3v) is 5.35. The van der Waals surface area contributed by atoms with Crippen LogP contribution in [0, 0.1) is 0 Å². The molecular formula is C24H21BrN4O2. The van der Waals surface area contributed by atoms with Crippen molar-refractivity contribution in [3.8, 4) is 5.75 Å². The van der Waals surface area contributed by atoms with Crippen LogP contribution in [0.2, 0.25) is 0 Å². The summed E-state index contributed by atoms with van der Waals surface area (Å²) in [5.74, 6) is 1.40. The molecule has 4 rings (SSSR count). The fourth-order valence-electron chi connectivity index (χ4n) is 3.09. The van der Waals surface area contributed by atoms with Crippen LogP contribution in [-0.4, -0.2) is 20.4 Å². The Balaban J connectivity index is 1.53. The average Bonchev–Trinajstić information content (AvgIpc) is 3.22. The number of anilines is 1. The number of aromatic nitrogens is 3. The number of halogens is 1. The van der Waals surface area contributed by atoms with Gasteiger partial charge in [0.05, 0.1) is 12.2 Å². The van der Waals surface area contributed by atoms with Crippen molar-refractivity contribution in [2.24, 2.45) is 7.05 Å². The first-order valence-electron chi connectivity index (χ1n) is 9.76. The van der Waals surface area contributed by atoms with Gasteiger partial charge < -0.3 is 14.2 Å². The van der Waals surface area contributed by atoms with Crippen molar-refractivity contribution in [3.63, 3.8) is 0 Å². The molecule has 0 fully saturated rings. The molecule has 7 heteroatoms. The monoisotopic (exact) mass is 476 g/mol. The summed E-state index contributed by atoms with van der Waals surface area (Å²) in [7, 11) is 1.92. The molecule has 0 N–H and O–H groups in total. The first-order valence-corrected chi connectivity index (χ1v) is 10.6. The highest BCUT2D eigenvalue weighted by atomic mass is 79.9. The maximum atomic E-state index is 13.4. The summed E-state index contributed by atoms with van der Waals surface area (Å²) >= 11 is 3.45. The number of hydrogen-bond acceptors (Lipinski definition) is 4. The molecule has 0 bridgehead atoms. The molecule has 4 aromatic rings. The molecule has 0 aliphatic carbocycles. The van der Waals surface area contributed by atoms with Gasteiger partial charge >= 0.3 is 0 Å². The van der Waals surface area contributed by atoms with Crippen LogP contribution in [0.5, 0.6) is 5.75 Å². The summed E-state index contributed by atoms with van der Waals surface area (Å²) < 4.78 is 8.66. The molecule has 0 unspecified atom stereocenters. The SMILES string of the molecule is Cn1ccnc1COc1ccc(C(=O)N(Cc2ccccn2)c2ccc(Br)cc2)cc1. The van der Waals surface area contributed by atoms with Crippen molar-refractivity contribution in [1.29, 1.82) is 0 Å². The maximum absolute atomic E-state index is 13.4. The number of amides is 1. The predicted molar refractivity (Wildman–Crippen MR) is 123 cm³/mol. The fourth-order valence-corrected chi connectivity index (χ4v) is 3.35. The van der Waals surface area contributed by atoms with Crippen molar-refractivity contribution < 1.29 is 9.53 Å². The Morgan fingerprint density at radius 3 is 2.42 bits per heavy atom. The van der Waals surface area contributed by atoms with E-state index < -0.39 is 0 Å². The summed E-state index contributed by atoms with van der Waals surface area (Å²) in [5.41, 5.74) is 2.19. The lowest BCUT2D eigenvalue weighted by atomic mass is 10.1. The highest BCUT2D eigenvalue weighted by molar-refractivity contribution is 9.10. The zero-order valence-corrected chi connectivity index (χ0v) is 18.6. The Bertz CT molecular complexity index is 1140. The number of carbonyl (C=O) groups excluding carboxylic acids is 1. The Morgan fingerprint density at radius 1 is 1.00 bits per heavy atom. The fraction of sp³-hybridized carbons (Fsp3) is 0.125. The minimum Gasteiger partial charge on any atom is -0.486 e. The Hall–Kier alpha value is -3.45. The number of pyridine rings is 1. The molecule has 31 heavy (non-hydrogen) atoms. The van der Waals surface area contributed by atoms with Gasteiger partial charge in [-0.25, -0.2) is 4.98 Å². The van der Waals surface area contributed by atoms with Crippen LogP contribution in [0.1, 0.15) is 21.9 Å². The van der Waals surface area contributed by atoms with Gasteiger partial charge in [-0.2, -0.15) is 0 Å². The van der Waals surface area contributed by atoms with Gasteiger partial charge in [0.2, 0.25) is 0 Å². The molecule has 1 amide bonds. The molecule has 0 radical (unpaired) electrons. The van der Waals surface area contributed by atoms with E-state index in [4.69, 9.17) is 4.74 Å². The van der Waals surface area contributed by atoms with E-state index in [9.17, 15) is 4.79 Å². The number of rotatable bonds is 7. The van der Waals surface area contributed by atoms with Gasteiger partial charge in [0, 0.05) is 41.4 Å². The average molecular weight is 477 g/mol. The molecule has 0 saturated carbocycles. The third-order valence-electron chi connectivity index (χ3n) is 4.82. The summed E-state index contributed by atoms with van der Waals surface area (Å²) in [4.78, 5) is 23.7. The van der Waals surface area contributed by atoms with Gasteiger partial charge in [0.25, 0.3) is 5.91 Å². The first kappa shape index (κ1) is 20.8. The number of aryl methyl sites for hydroxylation is 1. The molecule has 6 nitrogen and oxygen atoms in total. The lowest BCUT2D eigenvalue weighted by Crippen LogP contribution is -2.30. The van der Waals surface area contributed by atoms with E-state index in [1.54, 1.807) is 41.6 Å². The molecule has 2 aromatic heterocycles. The molecule has 0 spiro atoms.